The van der Waals surface area contributed by atoms with Gasteiger partial charge in [-0.15, -0.1) is 0 Å². The fourth-order valence-electron chi connectivity index (χ4n) is 2.63. The van der Waals surface area contributed by atoms with Gasteiger partial charge in [-0.1, -0.05) is 32.1 Å². The standard InChI is InChI=1S/C12H20N4O2/c1-15-9-14-12(16(17)18)11(15)13-8-7-10-5-3-2-4-6-10/h9-10,13H,2-8H2,1H3. The molecule has 0 atom stereocenters. The average Bonchev–Trinajstić information content (AvgIpc) is 2.73. The predicted molar refractivity (Wildman–Crippen MR) is 69.5 cm³/mol. The molecule has 1 aliphatic rings. The van der Waals surface area contributed by atoms with Gasteiger partial charge in [0.15, 0.2) is 0 Å². The number of anilines is 1. The van der Waals surface area contributed by atoms with E-state index in [0.717, 1.165) is 18.9 Å². The van der Waals surface area contributed by atoms with Crippen molar-refractivity contribution in [3.05, 3.63) is 16.4 Å². The maximum atomic E-state index is 10.8. The second-order valence-corrected chi connectivity index (χ2v) is 5.00. The predicted octanol–water partition coefficient (Wildman–Crippen LogP) is 2.71. The van der Waals surface area contributed by atoms with Gasteiger partial charge in [-0.3, -0.25) is 4.57 Å². The molecule has 1 heterocycles. The van der Waals surface area contributed by atoms with Crippen molar-refractivity contribution in [2.45, 2.75) is 38.5 Å². The summed E-state index contributed by atoms with van der Waals surface area (Å²) in [5.74, 6) is 1.20. The summed E-state index contributed by atoms with van der Waals surface area (Å²) in [6.45, 7) is 0.783. The molecular weight excluding hydrogens is 232 g/mol. The lowest BCUT2D eigenvalue weighted by atomic mass is 9.87. The first-order chi connectivity index (χ1) is 8.68. The zero-order valence-corrected chi connectivity index (χ0v) is 10.8. The number of nitrogens with zero attached hydrogens (tertiary/aromatic N) is 3. The smallest absolute Gasteiger partial charge is 0.364 e. The SMILES string of the molecule is Cn1cnc([N+](=O)[O-])c1NCCC1CCCCC1. The quantitative estimate of drug-likeness (QED) is 0.646. The molecule has 18 heavy (non-hydrogen) atoms. The third-order valence-corrected chi connectivity index (χ3v) is 3.66. The van der Waals surface area contributed by atoms with Crippen LogP contribution in [0.4, 0.5) is 11.6 Å². The van der Waals surface area contributed by atoms with Gasteiger partial charge < -0.3 is 15.4 Å². The molecule has 100 valence electrons. The zero-order chi connectivity index (χ0) is 13.0. The molecule has 1 aliphatic carbocycles. The Morgan fingerprint density at radius 3 is 2.89 bits per heavy atom. The lowest BCUT2D eigenvalue weighted by molar-refractivity contribution is -0.388. The highest BCUT2D eigenvalue weighted by molar-refractivity contribution is 5.51. The largest absolute Gasteiger partial charge is 0.406 e. The Labute approximate surface area is 107 Å². The zero-order valence-electron chi connectivity index (χ0n) is 10.8. The van der Waals surface area contributed by atoms with Crippen LogP contribution in [0.1, 0.15) is 38.5 Å². The number of aromatic nitrogens is 2. The maximum Gasteiger partial charge on any atom is 0.406 e. The lowest BCUT2D eigenvalue weighted by Crippen LogP contribution is -2.14. The van der Waals surface area contributed by atoms with E-state index in [1.807, 2.05) is 0 Å². The summed E-state index contributed by atoms with van der Waals surface area (Å²) < 4.78 is 1.67. The van der Waals surface area contributed by atoms with Gasteiger partial charge in [0.2, 0.25) is 12.1 Å². The number of aryl methyl sites for hydroxylation is 1. The third-order valence-electron chi connectivity index (χ3n) is 3.66. The Morgan fingerprint density at radius 1 is 1.50 bits per heavy atom. The van der Waals surface area contributed by atoms with Crippen LogP contribution in [0.15, 0.2) is 6.33 Å². The molecule has 6 heteroatoms. The van der Waals surface area contributed by atoms with Gasteiger partial charge in [-0.25, -0.2) is 0 Å². The van der Waals surface area contributed by atoms with Gasteiger partial charge in [-0.05, 0) is 22.2 Å². The van der Waals surface area contributed by atoms with Crippen molar-refractivity contribution in [2.24, 2.45) is 13.0 Å². The summed E-state index contributed by atoms with van der Waals surface area (Å²) in [5.41, 5.74) is 0. The first-order valence-corrected chi connectivity index (χ1v) is 6.58. The van der Waals surface area contributed by atoms with Crippen molar-refractivity contribution in [1.29, 1.82) is 0 Å². The second-order valence-electron chi connectivity index (χ2n) is 5.00. The number of nitro groups is 1. The monoisotopic (exact) mass is 252 g/mol. The number of hydrogen-bond donors (Lipinski definition) is 1. The highest BCUT2D eigenvalue weighted by atomic mass is 16.6. The minimum Gasteiger partial charge on any atom is -0.364 e. The molecule has 1 aromatic rings. The molecule has 0 amide bonds. The molecule has 0 unspecified atom stereocenters. The fourth-order valence-corrected chi connectivity index (χ4v) is 2.63. The third kappa shape index (κ3) is 3.00. The Balaban J connectivity index is 1.85. The van der Waals surface area contributed by atoms with Gasteiger partial charge in [-0.2, -0.15) is 0 Å². The molecule has 1 aromatic heterocycles. The topological polar surface area (TPSA) is 73.0 Å². The average molecular weight is 252 g/mol. The summed E-state index contributed by atoms with van der Waals surface area (Å²) in [6.07, 6.45) is 9.18. The minimum absolute atomic E-state index is 0.0823. The fraction of sp³-hybridized carbons (Fsp3) is 0.750. The van der Waals surface area contributed by atoms with E-state index in [4.69, 9.17) is 0 Å². The first-order valence-electron chi connectivity index (χ1n) is 6.58. The van der Waals surface area contributed by atoms with Crippen molar-refractivity contribution in [3.63, 3.8) is 0 Å². The van der Waals surface area contributed by atoms with Gasteiger partial charge in [0.05, 0.1) is 0 Å². The summed E-state index contributed by atoms with van der Waals surface area (Å²) in [7, 11) is 1.77. The minimum atomic E-state index is -0.442. The van der Waals surface area contributed by atoms with Crippen molar-refractivity contribution in [1.82, 2.24) is 9.55 Å². The van der Waals surface area contributed by atoms with Gasteiger partial charge in [0.25, 0.3) is 0 Å². The summed E-state index contributed by atoms with van der Waals surface area (Å²) in [6, 6.07) is 0. The van der Waals surface area contributed by atoms with Crippen LogP contribution in [-0.2, 0) is 7.05 Å². The van der Waals surface area contributed by atoms with Gasteiger partial charge in [0, 0.05) is 13.6 Å². The van der Waals surface area contributed by atoms with E-state index in [2.05, 4.69) is 10.3 Å². The summed E-state index contributed by atoms with van der Waals surface area (Å²) in [4.78, 5) is 14.1. The van der Waals surface area contributed by atoms with E-state index in [0.29, 0.717) is 5.82 Å². The molecular formula is C12H20N4O2. The molecule has 1 saturated carbocycles. The Hall–Kier alpha value is -1.59. The molecule has 0 bridgehead atoms. The molecule has 0 aliphatic heterocycles. The van der Waals surface area contributed by atoms with Gasteiger partial charge in [0.1, 0.15) is 0 Å². The van der Waals surface area contributed by atoms with Crippen LogP contribution in [0.5, 0.6) is 0 Å². The Morgan fingerprint density at radius 2 is 2.22 bits per heavy atom. The van der Waals surface area contributed by atoms with E-state index in [9.17, 15) is 10.1 Å². The van der Waals surface area contributed by atoms with Crippen LogP contribution in [0.3, 0.4) is 0 Å². The first kappa shape index (κ1) is 12.9. The van der Waals surface area contributed by atoms with Crippen LogP contribution in [0.25, 0.3) is 0 Å². The normalized spacial score (nSPS) is 16.7. The maximum absolute atomic E-state index is 10.8. The number of rotatable bonds is 5. The van der Waals surface area contributed by atoms with Crippen LogP contribution >= 0.6 is 0 Å². The van der Waals surface area contributed by atoms with E-state index >= 15 is 0 Å². The van der Waals surface area contributed by atoms with Crippen molar-refractivity contribution in [2.75, 3.05) is 11.9 Å². The van der Waals surface area contributed by atoms with E-state index in [1.54, 1.807) is 11.6 Å². The van der Waals surface area contributed by atoms with Crippen LogP contribution < -0.4 is 5.32 Å². The highest BCUT2D eigenvalue weighted by Crippen LogP contribution is 2.27. The summed E-state index contributed by atoms with van der Waals surface area (Å²) in [5, 5.41) is 13.9. The van der Waals surface area contributed by atoms with Crippen molar-refractivity contribution >= 4 is 11.6 Å². The molecule has 0 spiro atoms. The number of imidazole rings is 1. The molecule has 2 rings (SSSR count). The number of nitrogens with one attached hydrogen (secondary N) is 1. The van der Waals surface area contributed by atoms with Crippen molar-refractivity contribution < 1.29 is 4.92 Å². The van der Waals surface area contributed by atoms with Crippen LogP contribution in [-0.4, -0.2) is 21.0 Å². The van der Waals surface area contributed by atoms with E-state index in [1.165, 1.54) is 38.4 Å². The van der Waals surface area contributed by atoms with Crippen LogP contribution in [0.2, 0.25) is 0 Å². The molecule has 6 nitrogen and oxygen atoms in total. The second kappa shape index (κ2) is 5.84. The number of hydrogen-bond acceptors (Lipinski definition) is 4. The highest BCUT2D eigenvalue weighted by Gasteiger charge is 2.20. The van der Waals surface area contributed by atoms with E-state index in [-0.39, 0.29) is 5.82 Å². The van der Waals surface area contributed by atoms with E-state index < -0.39 is 4.92 Å². The lowest BCUT2D eigenvalue weighted by Gasteiger charge is -2.21. The van der Waals surface area contributed by atoms with Crippen LogP contribution in [0, 0.1) is 16.0 Å². The van der Waals surface area contributed by atoms with Crippen molar-refractivity contribution in [3.8, 4) is 0 Å². The molecule has 0 aromatic carbocycles. The molecule has 1 N–H and O–H groups in total. The van der Waals surface area contributed by atoms with Gasteiger partial charge >= 0.3 is 5.82 Å². The summed E-state index contributed by atoms with van der Waals surface area (Å²) >= 11 is 0. The molecule has 1 fully saturated rings. The molecule has 0 radical (unpaired) electrons. The Kier molecular flexibility index (Phi) is 4.17. The molecule has 0 saturated heterocycles. The Bertz CT molecular complexity index is 410.